The number of carbonyl (C=O) groups excluding carboxylic acids is 1. The largest absolute Gasteiger partial charge is 0.466 e. The molecular formula is C11H17N3O2. The molecule has 1 aromatic heterocycles. The highest BCUT2D eigenvalue weighted by Crippen LogP contribution is 2.13. The van der Waals surface area contributed by atoms with E-state index in [2.05, 4.69) is 10.3 Å². The van der Waals surface area contributed by atoms with Crippen LogP contribution in [0.1, 0.15) is 19.8 Å². The van der Waals surface area contributed by atoms with Crippen molar-refractivity contribution in [3.8, 4) is 0 Å². The Labute approximate surface area is 95.0 Å². The van der Waals surface area contributed by atoms with Crippen molar-refractivity contribution >= 4 is 17.5 Å². The molecule has 3 N–H and O–H groups in total. The molecule has 0 bridgehead atoms. The van der Waals surface area contributed by atoms with Crippen molar-refractivity contribution < 1.29 is 9.53 Å². The Kier molecular flexibility index (Phi) is 5.11. The molecule has 0 unspecified atom stereocenters. The fourth-order valence-electron chi connectivity index (χ4n) is 1.26. The molecule has 0 saturated carbocycles. The van der Waals surface area contributed by atoms with Crippen molar-refractivity contribution in [3.63, 3.8) is 0 Å². The summed E-state index contributed by atoms with van der Waals surface area (Å²) in [6, 6.07) is 3.66. The summed E-state index contributed by atoms with van der Waals surface area (Å²) < 4.78 is 4.81. The molecule has 5 nitrogen and oxygen atoms in total. The molecule has 1 aromatic rings. The fourth-order valence-corrected chi connectivity index (χ4v) is 1.26. The predicted molar refractivity (Wildman–Crippen MR) is 63.0 cm³/mol. The first kappa shape index (κ1) is 12.3. The van der Waals surface area contributed by atoms with Gasteiger partial charge >= 0.3 is 5.97 Å². The van der Waals surface area contributed by atoms with Gasteiger partial charge in [-0.2, -0.15) is 0 Å². The average Bonchev–Trinajstić information content (AvgIpc) is 2.27. The zero-order chi connectivity index (χ0) is 11.8. The summed E-state index contributed by atoms with van der Waals surface area (Å²) in [5.41, 5.74) is 6.44. The zero-order valence-electron chi connectivity index (χ0n) is 9.40. The second kappa shape index (κ2) is 6.66. The lowest BCUT2D eigenvalue weighted by atomic mass is 10.3. The Morgan fingerprint density at radius 1 is 1.62 bits per heavy atom. The molecule has 0 aliphatic rings. The number of pyridine rings is 1. The number of hydrogen-bond acceptors (Lipinski definition) is 5. The van der Waals surface area contributed by atoms with Crippen LogP contribution in [-0.4, -0.2) is 24.1 Å². The molecule has 0 atom stereocenters. The molecule has 16 heavy (non-hydrogen) atoms. The van der Waals surface area contributed by atoms with Crippen LogP contribution >= 0.6 is 0 Å². The summed E-state index contributed by atoms with van der Waals surface area (Å²) in [5, 5.41) is 3.12. The molecule has 0 aromatic carbocycles. The van der Waals surface area contributed by atoms with Crippen LogP contribution in [0.5, 0.6) is 0 Å². The molecular weight excluding hydrogens is 206 g/mol. The monoisotopic (exact) mass is 223 g/mol. The summed E-state index contributed by atoms with van der Waals surface area (Å²) in [4.78, 5) is 15.0. The van der Waals surface area contributed by atoms with Crippen molar-refractivity contribution in [2.45, 2.75) is 19.8 Å². The minimum absolute atomic E-state index is 0.163. The van der Waals surface area contributed by atoms with E-state index in [1.807, 2.05) is 12.1 Å². The Hall–Kier alpha value is -1.78. The van der Waals surface area contributed by atoms with E-state index in [-0.39, 0.29) is 5.97 Å². The van der Waals surface area contributed by atoms with Gasteiger partial charge in [0.05, 0.1) is 12.3 Å². The van der Waals surface area contributed by atoms with Crippen LogP contribution in [0.3, 0.4) is 0 Å². The van der Waals surface area contributed by atoms with Gasteiger partial charge in [-0.3, -0.25) is 4.79 Å². The Morgan fingerprint density at radius 2 is 2.44 bits per heavy atom. The van der Waals surface area contributed by atoms with E-state index in [4.69, 9.17) is 10.5 Å². The highest BCUT2D eigenvalue weighted by molar-refractivity contribution is 5.69. The molecule has 0 saturated heterocycles. The molecule has 0 spiro atoms. The molecule has 88 valence electrons. The summed E-state index contributed by atoms with van der Waals surface area (Å²) in [7, 11) is 0. The van der Waals surface area contributed by atoms with Gasteiger partial charge in [-0.15, -0.1) is 0 Å². The van der Waals surface area contributed by atoms with Crippen LogP contribution in [0, 0.1) is 0 Å². The summed E-state index contributed by atoms with van der Waals surface area (Å²) in [6.07, 6.45) is 2.77. The lowest BCUT2D eigenvalue weighted by Crippen LogP contribution is -2.09. The number of nitrogens with one attached hydrogen (secondary N) is 1. The van der Waals surface area contributed by atoms with Crippen molar-refractivity contribution in [2.75, 3.05) is 24.2 Å². The second-order valence-corrected chi connectivity index (χ2v) is 3.27. The molecule has 0 radical (unpaired) electrons. The molecule has 1 rings (SSSR count). The van der Waals surface area contributed by atoms with Crippen molar-refractivity contribution in [1.82, 2.24) is 4.98 Å². The van der Waals surface area contributed by atoms with Crippen LogP contribution in [0.25, 0.3) is 0 Å². The van der Waals surface area contributed by atoms with Crippen LogP contribution in [-0.2, 0) is 9.53 Å². The standard InChI is InChI=1S/C11H17N3O2/c1-2-16-10(15)6-4-7-13-9-5-3-8-14-11(9)12/h3,5,8,13H,2,4,6-7H2,1H3,(H2,12,14). The number of carbonyl (C=O) groups is 1. The van der Waals surface area contributed by atoms with E-state index in [0.29, 0.717) is 31.8 Å². The van der Waals surface area contributed by atoms with Gasteiger partial charge in [0.2, 0.25) is 0 Å². The van der Waals surface area contributed by atoms with Crippen LogP contribution in [0.2, 0.25) is 0 Å². The number of hydrogen-bond donors (Lipinski definition) is 2. The van der Waals surface area contributed by atoms with Gasteiger partial charge in [0.25, 0.3) is 0 Å². The highest BCUT2D eigenvalue weighted by Gasteiger charge is 2.01. The number of nitrogen functional groups attached to an aromatic ring is 1. The van der Waals surface area contributed by atoms with Gasteiger partial charge in [-0.25, -0.2) is 4.98 Å². The Bertz CT molecular complexity index is 342. The fraction of sp³-hybridized carbons (Fsp3) is 0.455. The SMILES string of the molecule is CCOC(=O)CCCNc1cccnc1N. The van der Waals surface area contributed by atoms with Crippen molar-refractivity contribution in [1.29, 1.82) is 0 Å². The van der Waals surface area contributed by atoms with Crippen molar-refractivity contribution in [3.05, 3.63) is 18.3 Å². The lowest BCUT2D eigenvalue weighted by molar-refractivity contribution is -0.143. The first-order valence-corrected chi connectivity index (χ1v) is 5.34. The molecule has 0 aliphatic carbocycles. The lowest BCUT2D eigenvalue weighted by Gasteiger charge is -2.07. The van der Waals surface area contributed by atoms with E-state index in [0.717, 1.165) is 5.69 Å². The quantitative estimate of drug-likeness (QED) is 0.563. The normalized spacial score (nSPS) is 9.81. The maximum absolute atomic E-state index is 11.0. The third-order valence-corrected chi connectivity index (χ3v) is 2.02. The first-order valence-electron chi connectivity index (χ1n) is 5.34. The number of rotatable bonds is 6. The maximum Gasteiger partial charge on any atom is 0.305 e. The zero-order valence-corrected chi connectivity index (χ0v) is 9.40. The number of esters is 1. The Balaban J connectivity index is 2.21. The smallest absolute Gasteiger partial charge is 0.305 e. The van der Waals surface area contributed by atoms with Gasteiger partial charge in [-0.1, -0.05) is 0 Å². The number of nitrogens with two attached hydrogens (primary N) is 1. The third-order valence-electron chi connectivity index (χ3n) is 2.02. The van der Waals surface area contributed by atoms with Crippen LogP contribution in [0.15, 0.2) is 18.3 Å². The summed E-state index contributed by atoms with van der Waals surface area (Å²) >= 11 is 0. The maximum atomic E-state index is 11.0. The van der Waals surface area contributed by atoms with Gasteiger partial charge in [0, 0.05) is 19.2 Å². The van der Waals surface area contributed by atoms with E-state index >= 15 is 0 Å². The average molecular weight is 223 g/mol. The minimum atomic E-state index is -0.163. The van der Waals surface area contributed by atoms with Crippen molar-refractivity contribution in [2.24, 2.45) is 0 Å². The Morgan fingerprint density at radius 3 is 3.12 bits per heavy atom. The van der Waals surface area contributed by atoms with Gasteiger partial charge < -0.3 is 15.8 Å². The molecule has 0 aliphatic heterocycles. The molecule has 1 heterocycles. The van der Waals surface area contributed by atoms with E-state index in [1.165, 1.54) is 0 Å². The number of anilines is 2. The first-order chi connectivity index (χ1) is 7.74. The molecule has 0 fully saturated rings. The van der Waals surface area contributed by atoms with Gasteiger partial charge in [0.1, 0.15) is 5.82 Å². The van der Waals surface area contributed by atoms with Gasteiger partial charge in [0.15, 0.2) is 0 Å². The van der Waals surface area contributed by atoms with Crippen LogP contribution < -0.4 is 11.1 Å². The van der Waals surface area contributed by atoms with E-state index < -0.39 is 0 Å². The summed E-state index contributed by atoms with van der Waals surface area (Å²) in [6.45, 7) is 2.91. The number of aromatic nitrogens is 1. The topological polar surface area (TPSA) is 77.2 Å². The third kappa shape index (κ3) is 4.16. The second-order valence-electron chi connectivity index (χ2n) is 3.27. The molecule has 5 heteroatoms. The van der Waals surface area contributed by atoms with E-state index in [1.54, 1.807) is 13.1 Å². The number of ether oxygens (including phenoxy) is 1. The molecule has 0 amide bonds. The number of nitrogens with zero attached hydrogens (tertiary/aromatic N) is 1. The summed E-state index contributed by atoms with van der Waals surface area (Å²) in [5.74, 6) is 0.307. The van der Waals surface area contributed by atoms with E-state index in [9.17, 15) is 4.79 Å². The van der Waals surface area contributed by atoms with Crippen LogP contribution in [0.4, 0.5) is 11.5 Å². The highest BCUT2D eigenvalue weighted by atomic mass is 16.5. The van der Waals surface area contributed by atoms with Gasteiger partial charge in [-0.05, 0) is 25.5 Å². The minimum Gasteiger partial charge on any atom is -0.466 e. The predicted octanol–water partition coefficient (Wildman–Crippen LogP) is 1.42.